The lowest BCUT2D eigenvalue weighted by Gasteiger charge is -2.14. The van der Waals surface area contributed by atoms with Gasteiger partial charge in [-0.05, 0) is 43.7 Å². The van der Waals surface area contributed by atoms with Crippen LogP contribution in [0.2, 0.25) is 0 Å². The Bertz CT molecular complexity index is 396. The summed E-state index contributed by atoms with van der Waals surface area (Å²) in [6, 6.07) is 3.61. The van der Waals surface area contributed by atoms with E-state index in [2.05, 4.69) is 10.3 Å². The first kappa shape index (κ1) is 12.0. The van der Waals surface area contributed by atoms with E-state index in [-0.39, 0.29) is 17.9 Å². The normalized spacial score (nSPS) is 16.6. The summed E-state index contributed by atoms with van der Waals surface area (Å²) >= 11 is 0. The number of rotatable bonds is 5. The molecule has 0 bridgehead atoms. The van der Waals surface area contributed by atoms with Gasteiger partial charge in [0.25, 0.3) is 5.91 Å². The van der Waals surface area contributed by atoms with Gasteiger partial charge in [-0.25, -0.2) is 0 Å². The molecule has 0 saturated heterocycles. The van der Waals surface area contributed by atoms with Crippen LogP contribution in [0.15, 0.2) is 18.3 Å². The summed E-state index contributed by atoms with van der Waals surface area (Å²) in [5, 5.41) is 11.8. The molecule has 0 spiro atoms. The molecule has 92 valence electrons. The first-order chi connectivity index (χ1) is 8.15. The molecule has 1 fully saturated rings. The lowest BCUT2D eigenvalue weighted by molar-refractivity contribution is 0.0940. The molecule has 4 heteroatoms. The molecule has 1 aliphatic rings. The molecule has 1 aromatic heterocycles. The molecule has 4 nitrogen and oxygen atoms in total. The zero-order valence-corrected chi connectivity index (χ0v) is 10.1. The highest BCUT2D eigenvalue weighted by Gasteiger charge is 2.41. The minimum Gasteiger partial charge on any atom is -0.396 e. The number of nitrogens with one attached hydrogen (secondary N) is 1. The fourth-order valence-electron chi connectivity index (χ4n) is 1.90. The Hall–Kier alpha value is -1.42. The van der Waals surface area contributed by atoms with Gasteiger partial charge in [0.15, 0.2) is 0 Å². The van der Waals surface area contributed by atoms with Crippen molar-refractivity contribution in [3.05, 3.63) is 29.6 Å². The minimum atomic E-state index is -0.0817. The lowest BCUT2D eigenvalue weighted by atomic mass is 10.0. The number of hydrogen-bond acceptors (Lipinski definition) is 3. The number of aliphatic hydroxyl groups is 1. The number of carbonyl (C=O) groups excluding carboxylic acids is 1. The fraction of sp³-hybridized carbons (Fsp3) is 0.538. The SMILES string of the molecule is Cc1ccc(C(=O)NCC2(CCO)CC2)cn1. The molecule has 2 N–H and O–H groups in total. The van der Waals surface area contributed by atoms with Crippen molar-refractivity contribution in [2.24, 2.45) is 5.41 Å². The van der Waals surface area contributed by atoms with Crippen LogP contribution >= 0.6 is 0 Å². The van der Waals surface area contributed by atoms with E-state index < -0.39 is 0 Å². The van der Waals surface area contributed by atoms with Gasteiger partial charge in [-0.3, -0.25) is 9.78 Å². The van der Waals surface area contributed by atoms with Gasteiger partial charge < -0.3 is 10.4 Å². The summed E-state index contributed by atoms with van der Waals surface area (Å²) in [5.41, 5.74) is 1.65. The third-order valence-corrected chi connectivity index (χ3v) is 3.40. The number of hydrogen-bond donors (Lipinski definition) is 2. The topological polar surface area (TPSA) is 62.2 Å². The third-order valence-electron chi connectivity index (χ3n) is 3.40. The Morgan fingerprint density at radius 1 is 1.53 bits per heavy atom. The number of aryl methyl sites for hydroxylation is 1. The van der Waals surface area contributed by atoms with Gasteiger partial charge in [-0.1, -0.05) is 0 Å². The maximum absolute atomic E-state index is 11.8. The number of carbonyl (C=O) groups is 1. The van der Waals surface area contributed by atoms with Gasteiger partial charge in [0.1, 0.15) is 0 Å². The van der Waals surface area contributed by atoms with Gasteiger partial charge in [0.05, 0.1) is 5.56 Å². The van der Waals surface area contributed by atoms with E-state index in [1.54, 1.807) is 12.3 Å². The predicted molar refractivity (Wildman–Crippen MR) is 64.7 cm³/mol. The highest BCUT2D eigenvalue weighted by atomic mass is 16.3. The van der Waals surface area contributed by atoms with Crippen LogP contribution in [0.5, 0.6) is 0 Å². The highest BCUT2D eigenvalue weighted by molar-refractivity contribution is 5.93. The van der Waals surface area contributed by atoms with Crippen molar-refractivity contribution in [3.8, 4) is 0 Å². The van der Waals surface area contributed by atoms with Crippen LogP contribution < -0.4 is 5.32 Å². The van der Waals surface area contributed by atoms with Gasteiger partial charge in [0, 0.05) is 25.0 Å². The van der Waals surface area contributed by atoms with Crippen molar-refractivity contribution in [1.29, 1.82) is 0 Å². The molecule has 1 saturated carbocycles. The maximum Gasteiger partial charge on any atom is 0.252 e. The lowest BCUT2D eigenvalue weighted by Crippen LogP contribution is -2.30. The molecular weight excluding hydrogens is 216 g/mol. The molecule has 0 atom stereocenters. The molecule has 0 aromatic carbocycles. The number of nitrogens with zero attached hydrogens (tertiary/aromatic N) is 1. The zero-order valence-electron chi connectivity index (χ0n) is 10.1. The second kappa shape index (κ2) is 4.84. The number of amides is 1. The smallest absolute Gasteiger partial charge is 0.252 e. The summed E-state index contributed by atoms with van der Waals surface area (Å²) in [6.07, 6.45) is 4.57. The molecule has 1 amide bonds. The van der Waals surface area contributed by atoms with Crippen LogP contribution in [-0.4, -0.2) is 29.1 Å². The Balaban J connectivity index is 1.87. The number of pyridine rings is 1. The molecule has 1 aliphatic carbocycles. The second-order valence-corrected chi connectivity index (χ2v) is 4.84. The van der Waals surface area contributed by atoms with Crippen LogP contribution in [-0.2, 0) is 0 Å². The predicted octanol–water partition coefficient (Wildman–Crippen LogP) is 1.28. The second-order valence-electron chi connectivity index (χ2n) is 4.84. The van der Waals surface area contributed by atoms with E-state index in [1.807, 2.05) is 13.0 Å². The molecule has 2 rings (SSSR count). The first-order valence-corrected chi connectivity index (χ1v) is 5.97. The molecule has 1 aromatic rings. The summed E-state index contributed by atoms with van der Waals surface area (Å²) in [4.78, 5) is 15.9. The molecule has 0 aliphatic heterocycles. The quantitative estimate of drug-likeness (QED) is 0.806. The average molecular weight is 234 g/mol. The zero-order chi connectivity index (χ0) is 12.3. The Morgan fingerprint density at radius 3 is 2.82 bits per heavy atom. The monoisotopic (exact) mass is 234 g/mol. The summed E-state index contributed by atoms with van der Waals surface area (Å²) in [6.45, 7) is 2.74. The van der Waals surface area contributed by atoms with Crippen molar-refractivity contribution in [2.75, 3.05) is 13.2 Å². The standard InChI is InChI=1S/C13H18N2O2/c1-10-2-3-11(8-14-10)12(17)15-9-13(4-5-13)6-7-16/h2-3,8,16H,4-7,9H2,1H3,(H,15,17). The Kier molecular flexibility index (Phi) is 3.43. The molecule has 17 heavy (non-hydrogen) atoms. The first-order valence-electron chi connectivity index (χ1n) is 5.97. The molecular formula is C13H18N2O2. The van der Waals surface area contributed by atoms with Crippen LogP contribution in [0, 0.1) is 12.3 Å². The summed E-state index contributed by atoms with van der Waals surface area (Å²) < 4.78 is 0. The minimum absolute atomic E-state index is 0.0817. The largest absolute Gasteiger partial charge is 0.396 e. The van der Waals surface area contributed by atoms with Crippen molar-refractivity contribution < 1.29 is 9.90 Å². The van der Waals surface area contributed by atoms with Crippen LogP contribution in [0.3, 0.4) is 0 Å². The van der Waals surface area contributed by atoms with E-state index in [0.29, 0.717) is 12.1 Å². The maximum atomic E-state index is 11.8. The molecule has 0 unspecified atom stereocenters. The van der Waals surface area contributed by atoms with Gasteiger partial charge in [-0.2, -0.15) is 0 Å². The Morgan fingerprint density at radius 2 is 2.29 bits per heavy atom. The van der Waals surface area contributed by atoms with E-state index >= 15 is 0 Å². The van der Waals surface area contributed by atoms with Gasteiger partial charge >= 0.3 is 0 Å². The van der Waals surface area contributed by atoms with Crippen molar-refractivity contribution in [2.45, 2.75) is 26.2 Å². The summed E-state index contributed by atoms with van der Waals surface area (Å²) in [5.74, 6) is -0.0817. The van der Waals surface area contributed by atoms with Crippen LogP contribution in [0.1, 0.15) is 35.3 Å². The van der Waals surface area contributed by atoms with Crippen LogP contribution in [0.4, 0.5) is 0 Å². The van der Waals surface area contributed by atoms with E-state index in [0.717, 1.165) is 25.0 Å². The van der Waals surface area contributed by atoms with Crippen molar-refractivity contribution in [3.63, 3.8) is 0 Å². The Labute approximate surface area is 101 Å². The summed E-state index contributed by atoms with van der Waals surface area (Å²) in [7, 11) is 0. The number of aromatic nitrogens is 1. The molecule has 1 heterocycles. The average Bonchev–Trinajstić information content (AvgIpc) is 3.08. The van der Waals surface area contributed by atoms with Crippen molar-refractivity contribution in [1.82, 2.24) is 10.3 Å². The van der Waals surface area contributed by atoms with Gasteiger partial charge in [-0.15, -0.1) is 0 Å². The van der Waals surface area contributed by atoms with E-state index in [1.165, 1.54) is 0 Å². The van der Waals surface area contributed by atoms with E-state index in [4.69, 9.17) is 5.11 Å². The fourth-order valence-corrected chi connectivity index (χ4v) is 1.90. The molecule has 0 radical (unpaired) electrons. The van der Waals surface area contributed by atoms with Gasteiger partial charge in [0.2, 0.25) is 0 Å². The number of aliphatic hydroxyl groups excluding tert-OH is 1. The van der Waals surface area contributed by atoms with Crippen LogP contribution in [0.25, 0.3) is 0 Å². The van der Waals surface area contributed by atoms with Crippen molar-refractivity contribution >= 4 is 5.91 Å². The van der Waals surface area contributed by atoms with E-state index in [9.17, 15) is 4.79 Å². The third kappa shape index (κ3) is 3.03. The highest BCUT2D eigenvalue weighted by Crippen LogP contribution is 2.47.